The average Bonchev–Trinajstić information content (AvgIpc) is 2.35. The van der Waals surface area contributed by atoms with Crippen LogP contribution < -0.4 is 10.1 Å². The van der Waals surface area contributed by atoms with Crippen molar-refractivity contribution in [1.82, 2.24) is 5.32 Å². The number of ether oxygens (including phenoxy) is 1. The summed E-state index contributed by atoms with van der Waals surface area (Å²) in [7, 11) is 1.71. The summed E-state index contributed by atoms with van der Waals surface area (Å²) in [5.74, 6) is 1.73. The monoisotopic (exact) mass is 265 g/mol. The van der Waals surface area contributed by atoms with Gasteiger partial charge in [0, 0.05) is 25.3 Å². The van der Waals surface area contributed by atoms with Crippen LogP contribution in [0.25, 0.3) is 0 Å². The van der Waals surface area contributed by atoms with E-state index in [1.54, 1.807) is 7.11 Å². The van der Waals surface area contributed by atoms with Crippen molar-refractivity contribution >= 4 is 0 Å². The van der Waals surface area contributed by atoms with Gasteiger partial charge in [0.05, 0.1) is 7.11 Å². The predicted molar refractivity (Wildman–Crippen MR) is 79.6 cm³/mol. The van der Waals surface area contributed by atoms with Crippen LogP contribution >= 0.6 is 0 Å². The molecule has 108 valence electrons. The zero-order valence-corrected chi connectivity index (χ0v) is 12.8. The van der Waals surface area contributed by atoms with E-state index in [0.29, 0.717) is 11.8 Å². The molecule has 1 aromatic rings. The van der Waals surface area contributed by atoms with E-state index in [-0.39, 0.29) is 6.61 Å². The Morgan fingerprint density at radius 2 is 1.95 bits per heavy atom. The normalized spacial score (nSPS) is 12.8. The molecule has 3 nitrogen and oxygen atoms in total. The van der Waals surface area contributed by atoms with Crippen LogP contribution in [0.2, 0.25) is 0 Å². The van der Waals surface area contributed by atoms with E-state index < -0.39 is 0 Å². The predicted octanol–water partition coefficient (Wildman–Crippen LogP) is 2.67. The van der Waals surface area contributed by atoms with Gasteiger partial charge in [-0.25, -0.2) is 0 Å². The van der Waals surface area contributed by atoms with Gasteiger partial charge in [0.15, 0.2) is 0 Å². The zero-order chi connectivity index (χ0) is 14.4. The van der Waals surface area contributed by atoms with Gasteiger partial charge in [-0.2, -0.15) is 0 Å². The van der Waals surface area contributed by atoms with Crippen LogP contribution in [-0.4, -0.2) is 25.4 Å². The van der Waals surface area contributed by atoms with Crippen LogP contribution in [0.15, 0.2) is 12.1 Å². The molecule has 0 bridgehead atoms. The summed E-state index contributed by atoms with van der Waals surface area (Å²) in [6.07, 6.45) is 0. The Balaban J connectivity index is 2.67. The number of hydrogen-bond donors (Lipinski definition) is 2. The molecule has 1 unspecified atom stereocenters. The van der Waals surface area contributed by atoms with Crippen LogP contribution in [0.4, 0.5) is 0 Å². The number of aryl methyl sites for hydroxylation is 2. The van der Waals surface area contributed by atoms with Gasteiger partial charge in [-0.05, 0) is 42.9 Å². The van der Waals surface area contributed by atoms with E-state index in [1.807, 2.05) is 0 Å². The van der Waals surface area contributed by atoms with Crippen molar-refractivity contribution in [3.63, 3.8) is 0 Å². The smallest absolute Gasteiger partial charge is 0.123 e. The highest BCUT2D eigenvalue weighted by Gasteiger charge is 2.13. The Labute approximate surface area is 117 Å². The van der Waals surface area contributed by atoms with E-state index in [4.69, 9.17) is 4.74 Å². The molecule has 1 rings (SSSR count). The Kier molecular flexibility index (Phi) is 6.32. The van der Waals surface area contributed by atoms with Crippen LogP contribution in [0.5, 0.6) is 5.75 Å². The van der Waals surface area contributed by atoms with E-state index >= 15 is 0 Å². The Morgan fingerprint density at radius 3 is 2.47 bits per heavy atom. The molecule has 0 saturated heterocycles. The summed E-state index contributed by atoms with van der Waals surface area (Å²) < 4.78 is 5.45. The van der Waals surface area contributed by atoms with E-state index in [0.717, 1.165) is 18.8 Å². The molecule has 0 aliphatic carbocycles. The molecule has 1 atom stereocenters. The van der Waals surface area contributed by atoms with Crippen molar-refractivity contribution in [2.24, 2.45) is 11.8 Å². The van der Waals surface area contributed by atoms with Crippen molar-refractivity contribution in [1.29, 1.82) is 0 Å². The SMILES string of the molecule is COc1cc(C)cc(C)c1CNCC(CO)C(C)C. The maximum atomic E-state index is 9.32. The molecule has 0 heterocycles. The van der Waals surface area contributed by atoms with Crippen LogP contribution in [0, 0.1) is 25.7 Å². The standard InChI is InChI=1S/C16H27NO2/c1-11(2)14(10-18)8-17-9-15-13(4)6-12(3)7-16(15)19-5/h6-7,11,14,17-18H,8-10H2,1-5H3. The number of aliphatic hydroxyl groups is 1. The number of rotatable bonds is 7. The quantitative estimate of drug-likeness (QED) is 0.796. The van der Waals surface area contributed by atoms with Gasteiger partial charge in [-0.3, -0.25) is 0 Å². The van der Waals surface area contributed by atoms with E-state index in [1.165, 1.54) is 16.7 Å². The second-order valence-corrected chi connectivity index (χ2v) is 5.58. The highest BCUT2D eigenvalue weighted by atomic mass is 16.5. The largest absolute Gasteiger partial charge is 0.496 e. The van der Waals surface area contributed by atoms with Crippen molar-refractivity contribution in [2.45, 2.75) is 34.2 Å². The minimum atomic E-state index is 0.231. The molecule has 0 saturated carbocycles. The molecule has 0 fully saturated rings. The molecule has 0 radical (unpaired) electrons. The third-order valence-electron chi connectivity index (χ3n) is 3.68. The average molecular weight is 265 g/mol. The lowest BCUT2D eigenvalue weighted by Gasteiger charge is -2.20. The molecule has 0 amide bonds. The Hall–Kier alpha value is -1.06. The molecular formula is C16H27NO2. The molecule has 3 heteroatoms. The first-order valence-corrected chi connectivity index (χ1v) is 6.95. The summed E-state index contributed by atoms with van der Waals surface area (Å²) >= 11 is 0. The lowest BCUT2D eigenvalue weighted by Crippen LogP contribution is -2.28. The summed E-state index contributed by atoms with van der Waals surface area (Å²) in [5, 5.41) is 12.7. The second kappa shape index (κ2) is 7.51. The van der Waals surface area contributed by atoms with Crippen molar-refractivity contribution in [3.05, 3.63) is 28.8 Å². The first kappa shape index (κ1) is 16.0. The van der Waals surface area contributed by atoms with Gasteiger partial charge in [-0.15, -0.1) is 0 Å². The van der Waals surface area contributed by atoms with Gasteiger partial charge < -0.3 is 15.2 Å². The number of methoxy groups -OCH3 is 1. The summed E-state index contributed by atoms with van der Waals surface area (Å²) in [6.45, 7) is 10.3. The van der Waals surface area contributed by atoms with Crippen molar-refractivity contribution in [2.75, 3.05) is 20.3 Å². The highest BCUT2D eigenvalue weighted by Crippen LogP contribution is 2.24. The number of aliphatic hydroxyl groups excluding tert-OH is 1. The molecule has 0 spiro atoms. The molecule has 0 aromatic heterocycles. The van der Waals surface area contributed by atoms with E-state index in [2.05, 4.69) is 45.1 Å². The summed E-state index contributed by atoms with van der Waals surface area (Å²) in [4.78, 5) is 0. The van der Waals surface area contributed by atoms with Crippen LogP contribution in [0.1, 0.15) is 30.5 Å². The van der Waals surface area contributed by atoms with Gasteiger partial charge in [0.2, 0.25) is 0 Å². The molecular weight excluding hydrogens is 238 g/mol. The number of hydrogen-bond acceptors (Lipinski definition) is 3. The molecule has 0 aliphatic heterocycles. The third-order valence-corrected chi connectivity index (χ3v) is 3.68. The maximum absolute atomic E-state index is 9.32. The van der Waals surface area contributed by atoms with E-state index in [9.17, 15) is 5.11 Å². The second-order valence-electron chi connectivity index (χ2n) is 5.58. The maximum Gasteiger partial charge on any atom is 0.123 e. The fourth-order valence-corrected chi connectivity index (χ4v) is 2.26. The number of benzene rings is 1. The topological polar surface area (TPSA) is 41.5 Å². The molecule has 1 aromatic carbocycles. The fourth-order valence-electron chi connectivity index (χ4n) is 2.26. The third kappa shape index (κ3) is 4.51. The molecule has 19 heavy (non-hydrogen) atoms. The lowest BCUT2D eigenvalue weighted by molar-refractivity contribution is 0.186. The lowest BCUT2D eigenvalue weighted by atomic mass is 9.96. The van der Waals surface area contributed by atoms with Gasteiger partial charge in [0.25, 0.3) is 0 Å². The highest BCUT2D eigenvalue weighted by molar-refractivity contribution is 5.42. The Bertz CT molecular complexity index is 402. The summed E-state index contributed by atoms with van der Waals surface area (Å²) in [6, 6.07) is 4.24. The minimum absolute atomic E-state index is 0.231. The first-order valence-electron chi connectivity index (χ1n) is 6.95. The Morgan fingerprint density at radius 1 is 1.26 bits per heavy atom. The first-order chi connectivity index (χ1) is 8.99. The fraction of sp³-hybridized carbons (Fsp3) is 0.625. The van der Waals surface area contributed by atoms with Gasteiger partial charge >= 0.3 is 0 Å². The van der Waals surface area contributed by atoms with Crippen LogP contribution in [0.3, 0.4) is 0 Å². The van der Waals surface area contributed by atoms with Crippen LogP contribution in [-0.2, 0) is 6.54 Å². The minimum Gasteiger partial charge on any atom is -0.496 e. The molecule has 0 aliphatic rings. The van der Waals surface area contributed by atoms with Crippen molar-refractivity contribution < 1.29 is 9.84 Å². The van der Waals surface area contributed by atoms with Crippen molar-refractivity contribution in [3.8, 4) is 5.75 Å². The van der Waals surface area contributed by atoms with Gasteiger partial charge in [-0.1, -0.05) is 19.9 Å². The number of nitrogens with one attached hydrogen (secondary N) is 1. The zero-order valence-electron chi connectivity index (χ0n) is 12.8. The van der Waals surface area contributed by atoms with Gasteiger partial charge in [0.1, 0.15) is 5.75 Å². The summed E-state index contributed by atoms with van der Waals surface area (Å²) in [5.41, 5.74) is 3.66. The molecule has 2 N–H and O–H groups in total.